The number of benzene rings is 1. The quantitative estimate of drug-likeness (QED) is 0.931. The van der Waals surface area contributed by atoms with Crippen molar-refractivity contribution < 1.29 is 8.42 Å². The molecule has 1 N–H and O–H groups in total. The lowest BCUT2D eigenvalue weighted by atomic mass is 10.1. The predicted octanol–water partition coefficient (Wildman–Crippen LogP) is 2.33. The van der Waals surface area contributed by atoms with Crippen molar-refractivity contribution >= 4 is 31.3 Å². The second-order valence-electron chi connectivity index (χ2n) is 4.46. The first-order valence-corrected chi connectivity index (χ1v) is 7.90. The van der Waals surface area contributed by atoms with Crippen LogP contribution in [0.3, 0.4) is 0 Å². The second-order valence-corrected chi connectivity index (χ2v) is 7.05. The van der Waals surface area contributed by atoms with E-state index >= 15 is 0 Å². The maximum atomic E-state index is 12.0. The molecule has 0 atom stereocenters. The molecule has 3 rings (SSSR count). The van der Waals surface area contributed by atoms with Gasteiger partial charge < -0.3 is 5.32 Å². The maximum absolute atomic E-state index is 12.0. The number of fused-ring (bicyclic) bond motifs is 1. The van der Waals surface area contributed by atoms with Crippen molar-refractivity contribution in [3.05, 3.63) is 33.6 Å². The molecular weight excluding hydrogens is 302 g/mol. The molecule has 1 aliphatic carbocycles. The van der Waals surface area contributed by atoms with Gasteiger partial charge in [0.05, 0.1) is 4.90 Å². The highest BCUT2D eigenvalue weighted by molar-refractivity contribution is 9.10. The molecule has 2 aliphatic rings. The van der Waals surface area contributed by atoms with Gasteiger partial charge in [0.1, 0.15) is 0 Å². The fourth-order valence-corrected chi connectivity index (χ4v) is 4.63. The van der Waals surface area contributed by atoms with Crippen LogP contribution in [-0.4, -0.2) is 21.0 Å². The third kappa shape index (κ3) is 2.07. The first-order chi connectivity index (χ1) is 8.08. The van der Waals surface area contributed by atoms with Gasteiger partial charge in [0.15, 0.2) is 0 Å². The van der Waals surface area contributed by atoms with Crippen LogP contribution in [0.5, 0.6) is 0 Å². The van der Waals surface area contributed by atoms with Crippen molar-refractivity contribution in [1.82, 2.24) is 5.32 Å². The van der Waals surface area contributed by atoms with Crippen LogP contribution in [0.15, 0.2) is 33.0 Å². The summed E-state index contributed by atoms with van der Waals surface area (Å²) in [6.45, 7) is 0.632. The van der Waals surface area contributed by atoms with Crippen LogP contribution >= 0.6 is 15.9 Å². The molecule has 3 nitrogen and oxygen atoms in total. The van der Waals surface area contributed by atoms with Crippen LogP contribution in [0.2, 0.25) is 0 Å². The van der Waals surface area contributed by atoms with Crippen LogP contribution in [0.4, 0.5) is 0 Å². The van der Waals surface area contributed by atoms with E-state index < -0.39 is 9.84 Å². The lowest BCUT2D eigenvalue weighted by molar-refractivity contribution is 0.605. The number of rotatable bonds is 3. The summed E-state index contributed by atoms with van der Waals surface area (Å²) in [6, 6.07) is 6.08. The summed E-state index contributed by atoms with van der Waals surface area (Å²) in [5, 5.41) is 4.74. The van der Waals surface area contributed by atoms with Crippen LogP contribution in [0, 0.1) is 0 Å². The van der Waals surface area contributed by atoms with Crippen molar-refractivity contribution in [2.24, 2.45) is 0 Å². The summed E-state index contributed by atoms with van der Waals surface area (Å²) in [4.78, 5) is 0.410. The average molecular weight is 314 g/mol. The molecule has 0 amide bonds. The molecule has 1 heterocycles. The molecule has 0 radical (unpaired) electrons. The van der Waals surface area contributed by atoms with Gasteiger partial charge in [-0.1, -0.05) is 12.1 Å². The van der Waals surface area contributed by atoms with Gasteiger partial charge in [-0.3, -0.25) is 0 Å². The van der Waals surface area contributed by atoms with E-state index in [2.05, 4.69) is 21.2 Å². The molecule has 1 fully saturated rings. The number of hydrogen-bond acceptors (Lipinski definition) is 3. The van der Waals surface area contributed by atoms with Crippen molar-refractivity contribution in [3.63, 3.8) is 0 Å². The third-order valence-corrected chi connectivity index (χ3v) is 5.58. The smallest absolute Gasteiger partial charge is 0.201 e. The van der Waals surface area contributed by atoms with Gasteiger partial charge in [0, 0.05) is 22.5 Å². The van der Waals surface area contributed by atoms with Crippen molar-refractivity contribution in [1.29, 1.82) is 0 Å². The first-order valence-electron chi connectivity index (χ1n) is 5.56. The van der Waals surface area contributed by atoms with Crippen LogP contribution in [0.1, 0.15) is 18.4 Å². The third-order valence-electron chi connectivity index (χ3n) is 3.05. The average Bonchev–Trinajstić information content (AvgIpc) is 3.03. The Bertz CT molecular complexity index is 603. The van der Waals surface area contributed by atoms with Gasteiger partial charge in [0.25, 0.3) is 0 Å². The van der Waals surface area contributed by atoms with Crippen LogP contribution < -0.4 is 5.32 Å². The molecule has 1 aromatic carbocycles. The van der Waals surface area contributed by atoms with E-state index in [-0.39, 0.29) is 0 Å². The van der Waals surface area contributed by atoms with E-state index in [1.807, 2.05) is 12.1 Å². The molecule has 90 valence electrons. The molecule has 0 saturated heterocycles. The Hall–Kier alpha value is -0.650. The Morgan fingerprint density at radius 1 is 1.35 bits per heavy atom. The fraction of sp³-hybridized carbons (Fsp3) is 0.333. The maximum Gasteiger partial charge on any atom is 0.201 e. The van der Waals surface area contributed by atoms with Gasteiger partial charge in [-0.2, -0.15) is 0 Å². The van der Waals surface area contributed by atoms with Gasteiger partial charge >= 0.3 is 0 Å². The highest BCUT2D eigenvalue weighted by Gasteiger charge is 2.30. The Balaban J connectivity index is 1.99. The van der Waals surface area contributed by atoms with Crippen molar-refractivity contribution in [2.45, 2.75) is 23.8 Å². The summed E-state index contributed by atoms with van der Waals surface area (Å²) in [6.07, 6.45) is 2.40. The number of halogens is 1. The van der Waals surface area contributed by atoms with E-state index in [4.69, 9.17) is 0 Å². The first kappa shape index (κ1) is 11.4. The van der Waals surface area contributed by atoms with E-state index in [0.29, 0.717) is 22.0 Å². The molecule has 1 saturated carbocycles. The Morgan fingerprint density at radius 2 is 2.12 bits per heavy atom. The number of nitrogens with one attached hydrogen (secondary N) is 1. The highest BCUT2D eigenvalue weighted by atomic mass is 79.9. The van der Waals surface area contributed by atoms with Gasteiger partial charge in [0.2, 0.25) is 9.84 Å². The largest absolute Gasteiger partial charge is 0.310 e. The summed E-state index contributed by atoms with van der Waals surface area (Å²) in [5.74, 6) is 0. The van der Waals surface area contributed by atoms with E-state index in [1.165, 1.54) is 18.2 Å². The Morgan fingerprint density at radius 3 is 2.82 bits per heavy atom. The van der Waals surface area contributed by atoms with Crippen molar-refractivity contribution in [2.75, 3.05) is 6.54 Å². The van der Waals surface area contributed by atoms with Crippen LogP contribution in [-0.2, 0) is 9.84 Å². The minimum Gasteiger partial charge on any atom is -0.310 e. The molecule has 0 bridgehead atoms. The number of hydrogen-bond donors (Lipinski definition) is 1. The molecule has 0 aromatic heterocycles. The monoisotopic (exact) mass is 313 g/mol. The van der Waals surface area contributed by atoms with Gasteiger partial charge in [-0.25, -0.2) is 8.42 Å². The molecule has 1 aliphatic heterocycles. The lowest BCUT2D eigenvalue weighted by Crippen LogP contribution is -2.18. The van der Waals surface area contributed by atoms with Gasteiger partial charge in [-0.15, -0.1) is 0 Å². The Kier molecular flexibility index (Phi) is 2.65. The molecule has 17 heavy (non-hydrogen) atoms. The standard InChI is InChI=1S/C12H12BrNO2S/c13-11-3-1-2-10-8(6-14-9-4-5-9)7-17(15,16)12(10)11/h1-3,7,9,14H,4-6H2. The molecular formula is C12H12BrNO2S. The van der Waals surface area contributed by atoms with Gasteiger partial charge in [-0.05, 0) is 46.0 Å². The zero-order valence-corrected chi connectivity index (χ0v) is 11.5. The second kappa shape index (κ2) is 3.93. The SMILES string of the molecule is O=S1(=O)C=C(CNC2CC2)c2cccc(Br)c21. The zero-order valence-electron chi connectivity index (χ0n) is 9.11. The normalized spacial score (nSPS) is 21.1. The van der Waals surface area contributed by atoms with E-state index in [1.54, 1.807) is 6.07 Å². The summed E-state index contributed by atoms with van der Waals surface area (Å²) < 4.78 is 24.7. The van der Waals surface area contributed by atoms with Crippen LogP contribution in [0.25, 0.3) is 5.57 Å². The fourth-order valence-electron chi connectivity index (χ4n) is 2.04. The minimum absolute atomic E-state index is 0.410. The molecule has 1 aromatic rings. The molecule has 0 unspecified atom stereocenters. The Labute approximate surface area is 109 Å². The minimum atomic E-state index is -3.26. The highest BCUT2D eigenvalue weighted by Crippen LogP contribution is 2.38. The molecule has 0 spiro atoms. The molecule has 5 heteroatoms. The van der Waals surface area contributed by atoms with Crippen molar-refractivity contribution in [3.8, 4) is 0 Å². The predicted molar refractivity (Wildman–Crippen MR) is 70.3 cm³/mol. The lowest BCUT2D eigenvalue weighted by Gasteiger charge is -2.06. The summed E-state index contributed by atoms with van der Waals surface area (Å²) >= 11 is 3.31. The van der Waals surface area contributed by atoms with E-state index in [0.717, 1.165) is 11.1 Å². The van der Waals surface area contributed by atoms with E-state index in [9.17, 15) is 8.42 Å². The number of sulfone groups is 1. The summed E-state index contributed by atoms with van der Waals surface area (Å²) in [5.41, 5.74) is 1.70. The zero-order chi connectivity index (χ0) is 12.0. The topological polar surface area (TPSA) is 46.2 Å². The summed E-state index contributed by atoms with van der Waals surface area (Å²) in [7, 11) is -3.26.